The SMILES string of the molecule is Nc1nc2c(ncn2[C@@H]2O[C@H](CO)C[C@H]2OP(O)(=S)OC[C@H]2O[C@@H](n3ccc4c(N)ncnc43)[C@H](O)[C@@H]2O)c(=O)[nH]1. The molecule has 18 nitrogen and oxygen atoms in total. The van der Waals surface area contributed by atoms with E-state index in [2.05, 4.69) is 24.9 Å². The van der Waals surface area contributed by atoms with Gasteiger partial charge in [0.05, 0.1) is 31.0 Å². The molecule has 0 aliphatic carbocycles. The molecule has 0 saturated carbocycles. The summed E-state index contributed by atoms with van der Waals surface area (Å²) in [6, 6.07) is 1.65. The number of H-pyrrole nitrogens is 1. The maximum Gasteiger partial charge on any atom is 0.325 e. The lowest BCUT2D eigenvalue weighted by Gasteiger charge is -2.25. The van der Waals surface area contributed by atoms with E-state index in [1.807, 2.05) is 0 Å². The maximum atomic E-state index is 12.2. The summed E-state index contributed by atoms with van der Waals surface area (Å²) < 4.78 is 25.9. The van der Waals surface area contributed by atoms with Crippen LogP contribution in [0.5, 0.6) is 0 Å². The van der Waals surface area contributed by atoms with Crippen molar-refractivity contribution in [2.45, 2.75) is 49.4 Å². The first kappa shape index (κ1) is 28.0. The van der Waals surface area contributed by atoms with Crippen molar-refractivity contribution in [2.24, 2.45) is 0 Å². The van der Waals surface area contributed by atoms with Gasteiger partial charge in [-0.3, -0.25) is 14.3 Å². The van der Waals surface area contributed by atoms with Gasteiger partial charge in [0.1, 0.15) is 42.2 Å². The summed E-state index contributed by atoms with van der Waals surface area (Å²) in [5, 5.41) is 31.6. The Bertz CT molecular complexity index is 1700. The van der Waals surface area contributed by atoms with Gasteiger partial charge in [0.25, 0.3) is 5.56 Å². The van der Waals surface area contributed by atoms with Crippen LogP contribution in [-0.2, 0) is 30.3 Å². The lowest BCUT2D eigenvalue weighted by Crippen LogP contribution is -2.33. The number of aliphatic hydroxyl groups excluding tert-OH is 3. The fourth-order valence-electron chi connectivity index (χ4n) is 4.96. The number of aliphatic hydroxyl groups is 3. The molecule has 2 aliphatic rings. The molecule has 0 spiro atoms. The number of aromatic nitrogens is 7. The van der Waals surface area contributed by atoms with Crippen LogP contribution >= 0.6 is 6.72 Å². The van der Waals surface area contributed by atoms with E-state index in [0.29, 0.717) is 11.0 Å². The van der Waals surface area contributed by atoms with Crippen LogP contribution in [0.1, 0.15) is 18.9 Å². The second kappa shape index (κ2) is 10.6. The van der Waals surface area contributed by atoms with Crippen LogP contribution in [0.25, 0.3) is 22.2 Å². The third kappa shape index (κ3) is 5.10. The van der Waals surface area contributed by atoms with E-state index >= 15 is 0 Å². The summed E-state index contributed by atoms with van der Waals surface area (Å²) >= 11 is 5.22. The molecular formula is C21H26N9O9PS. The zero-order valence-corrected chi connectivity index (χ0v) is 22.7. The molecule has 4 aromatic rings. The number of imidazole rings is 1. The standard InChI is InChI=1S/C21H26N9O9PS/c22-15-9-1-2-29(16(9)25-6-24-15)20-14(33)13(32)11(38-20)5-36-40(35,41)39-10-3-8(4-31)37-19(10)30-7-26-12-17(30)27-21(23)28-18(12)34/h1-2,6-8,10-11,13-14,19-20,31-33H,3-5H2,(H,35,41)(H2,22,24,25)(H3,23,27,28,34)/t8-,10+,11+,13+,14+,19+,20+,40?/m0/s1. The zero-order chi connectivity index (χ0) is 29.1. The lowest BCUT2D eigenvalue weighted by molar-refractivity contribution is -0.0570. The largest absolute Gasteiger partial charge is 0.394 e. The van der Waals surface area contributed by atoms with E-state index in [1.54, 1.807) is 12.3 Å². The van der Waals surface area contributed by atoms with E-state index in [1.165, 1.54) is 21.8 Å². The van der Waals surface area contributed by atoms with Gasteiger partial charge in [0.2, 0.25) is 5.95 Å². The quantitative estimate of drug-likeness (QED) is 0.109. The Kier molecular flexibility index (Phi) is 7.27. The number of hydrogen-bond acceptors (Lipinski definition) is 15. The molecule has 20 heteroatoms. The minimum atomic E-state index is -4.01. The number of fused-ring (bicyclic) bond motifs is 2. The Morgan fingerprint density at radius 3 is 2.73 bits per heavy atom. The van der Waals surface area contributed by atoms with Crippen molar-refractivity contribution in [1.82, 2.24) is 34.1 Å². The summed E-state index contributed by atoms with van der Waals surface area (Å²) in [5.74, 6) is 0.0978. The maximum absolute atomic E-state index is 12.2. The minimum Gasteiger partial charge on any atom is -0.394 e. The van der Waals surface area contributed by atoms with Gasteiger partial charge in [0, 0.05) is 12.6 Å². The third-order valence-corrected chi connectivity index (χ3v) is 8.48. The van der Waals surface area contributed by atoms with Gasteiger partial charge in [-0.2, -0.15) is 4.98 Å². The number of nitrogens with one attached hydrogen (secondary N) is 1. The van der Waals surface area contributed by atoms with Gasteiger partial charge in [-0.15, -0.1) is 0 Å². The predicted octanol–water partition coefficient (Wildman–Crippen LogP) is -1.75. The molecule has 0 radical (unpaired) electrons. The molecular weight excluding hydrogens is 585 g/mol. The van der Waals surface area contributed by atoms with Crippen molar-refractivity contribution in [1.29, 1.82) is 0 Å². The summed E-state index contributed by atoms with van der Waals surface area (Å²) in [6.45, 7) is -4.80. The fourth-order valence-corrected chi connectivity index (χ4v) is 6.41. The molecule has 9 N–H and O–H groups in total. The van der Waals surface area contributed by atoms with Crippen molar-refractivity contribution < 1.29 is 38.7 Å². The number of rotatable bonds is 8. The van der Waals surface area contributed by atoms with Gasteiger partial charge < -0.3 is 54.8 Å². The minimum absolute atomic E-state index is 0.00113. The highest BCUT2D eigenvalue weighted by Crippen LogP contribution is 2.50. The smallest absolute Gasteiger partial charge is 0.325 e. The number of anilines is 2. The van der Waals surface area contributed by atoms with Crippen molar-refractivity contribution in [3.8, 4) is 0 Å². The molecule has 2 saturated heterocycles. The summed E-state index contributed by atoms with van der Waals surface area (Å²) in [4.78, 5) is 41.7. The highest BCUT2D eigenvalue weighted by Gasteiger charge is 2.46. The van der Waals surface area contributed by atoms with Crippen molar-refractivity contribution in [3.05, 3.63) is 35.3 Å². The molecule has 6 heterocycles. The third-order valence-electron chi connectivity index (χ3n) is 6.90. The van der Waals surface area contributed by atoms with E-state index in [4.69, 9.17) is 41.8 Å². The van der Waals surface area contributed by atoms with E-state index in [9.17, 15) is 25.0 Å². The van der Waals surface area contributed by atoms with Crippen LogP contribution in [0.2, 0.25) is 0 Å². The molecule has 220 valence electrons. The number of nitrogens with two attached hydrogens (primary N) is 2. The Hall–Kier alpha value is -3.10. The van der Waals surface area contributed by atoms with Gasteiger partial charge in [-0.1, -0.05) is 0 Å². The van der Waals surface area contributed by atoms with Crippen LogP contribution in [0.15, 0.2) is 29.7 Å². The van der Waals surface area contributed by atoms with Gasteiger partial charge in [-0.05, 0) is 17.9 Å². The van der Waals surface area contributed by atoms with Crippen LogP contribution in [0.4, 0.5) is 11.8 Å². The second-order valence-electron chi connectivity index (χ2n) is 9.52. The zero-order valence-electron chi connectivity index (χ0n) is 21.0. The second-order valence-corrected chi connectivity index (χ2v) is 12.3. The average molecular weight is 612 g/mol. The van der Waals surface area contributed by atoms with Crippen LogP contribution in [-0.4, -0.2) is 98.0 Å². The molecule has 1 unspecified atom stereocenters. The van der Waals surface area contributed by atoms with Crippen molar-refractivity contribution in [3.63, 3.8) is 0 Å². The number of aromatic amines is 1. The Morgan fingerprint density at radius 1 is 1.15 bits per heavy atom. The number of nitrogen functional groups attached to an aromatic ring is 2. The van der Waals surface area contributed by atoms with Crippen molar-refractivity contribution >= 4 is 52.5 Å². The molecule has 2 aliphatic heterocycles. The van der Waals surface area contributed by atoms with Gasteiger partial charge in [-0.25, -0.2) is 15.0 Å². The fraction of sp³-hybridized carbons (Fsp3) is 0.476. The first-order valence-electron chi connectivity index (χ1n) is 12.3. The number of ether oxygens (including phenoxy) is 2. The molecule has 0 amide bonds. The normalized spacial score (nSPS) is 29.9. The molecule has 4 aromatic heterocycles. The highest BCUT2D eigenvalue weighted by atomic mass is 32.5. The Labute approximate surface area is 234 Å². The van der Waals surface area contributed by atoms with Crippen LogP contribution in [0.3, 0.4) is 0 Å². The predicted molar refractivity (Wildman–Crippen MR) is 143 cm³/mol. The lowest BCUT2D eigenvalue weighted by atomic mass is 10.1. The van der Waals surface area contributed by atoms with E-state index in [-0.39, 0.29) is 36.0 Å². The average Bonchev–Trinajstić information content (AvgIpc) is 3.69. The Morgan fingerprint density at radius 2 is 1.95 bits per heavy atom. The molecule has 0 aromatic carbocycles. The van der Waals surface area contributed by atoms with Crippen LogP contribution < -0.4 is 17.0 Å². The summed E-state index contributed by atoms with van der Waals surface area (Å²) in [5.41, 5.74) is 11.5. The highest BCUT2D eigenvalue weighted by molar-refractivity contribution is 8.07. The topological polar surface area (TPSA) is 264 Å². The molecule has 41 heavy (non-hydrogen) atoms. The monoisotopic (exact) mass is 611 g/mol. The van der Waals surface area contributed by atoms with Gasteiger partial charge in [0.15, 0.2) is 23.6 Å². The molecule has 8 atom stereocenters. The number of hydrogen-bond donors (Lipinski definition) is 7. The first-order chi connectivity index (χ1) is 19.6. The summed E-state index contributed by atoms with van der Waals surface area (Å²) in [7, 11) is 0. The van der Waals surface area contributed by atoms with Crippen molar-refractivity contribution in [2.75, 3.05) is 24.7 Å². The van der Waals surface area contributed by atoms with Gasteiger partial charge >= 0.3 is 6.72 Å². The Balaban J connectivity index is 1.16. The summed E-state index contributed by atoms with van der Waals surface area (Å²) in [6.07, 6.45) is -3.30. The van der Waals surface area contributed by atoms with E-state index < -0.39 is 61.9 Å². The molecule has 6 rings (SSSR count). The van der Waals surface area contributed by atoms with E-state index in [0.717, 1.165) is 0 Å². The number of nitrogens with zero attached hydrogens (tertiary/aromatic N) is 6. The first-order valence-corrected chi connectivity index (χ1v) is 14.9. The molecule has 0 bridgehead atoms. The molecule has 2 fully saturated rings. The van der Waals surface area contributed by atoms with Crippen LogP contribution in [0, 0.1) is 0 Å².